The third kappa shape index (κ3) is 22.7. The fourth-order valence-electron chi connectivity index (χ4n) is 3.52. The van der Waals surface area contributed by atoms with Crippen molar-refractivity contribution in [3.63, 3.8) is 0 Å². The van der Waals surface area contributed by atoms with Gasteiger partial charge in [0.1, 0.15) is 35.0 Å². The van der Waals surface area contributed by atoms with E-state index in [9.17, 15) is 28.8 Å². The van der Waals surface area contributed by atoms with Crippen LogP contribution in [0, 0.1) is 0 Å². The fourth-order valence-corrected chi connectivity index (χ4v) is 3.52. The van der Waals surface area contributed by atoms with Crippen LogP contribution < -0.4 is 5.32 Å². The van der Waals surface area contributed by atoms with Crippen LogP contribution in [-0.2, 0) is 47.8 Å². The molecule has 0 rings (SSSR count). The number of hydroxylamine groups is 2. The Bertz CT molecular complexity index is 973. The predicted molar refractivity (Wildman–Crippen MR) is 162 cm³/mol. The lowest BCUT2D eigenvalue weighted by Gasteiger charge is -2.32. The standard InChI is InChI=1S/C30H53N3O12/c1-27(2,3)41-22(36)17-32(18-23(37)42-28(4,5)6)16-14-20(25(39)31-15-13-21(34)35)33(19-24(38)43-29(7,8)9)45-26(40)44-30(10,11)12/h20H,13-19H2,1-12H3,(H,31,39)(H,34,35). The van der Waals surface area contributed by atoms with E-state index in [1.807, 2.05) is 0 Å². The summed E-state index contributed by atoms with van der Waals surface area (Å²) >= 11 is 0. The summed E-state index contributed by atoms with van der Waals surface area (Å²) in [5.41, 5.74) is -3.52. The maximum atomic E-state index is 13.4. The Morgan fingerprint density at radius 2 is 1.04 bits per heavy atom. The molecule has 2 N–H and O–H groups in total. The first-order valence-electron chi connectivity index (χ1n) is 14.7. The number of rotatable bonds is 15. The molecule has 0 aliphatic rings. The number of nitrogens with one attached hydrogen (secondary N) is 1. The number of esters is 3. The Morgan fingerprint density at radius 1 is 0.644 bits per heavy atom. The van der Waals surface area contributed by atoms with Gasteiger partial charge < -0.3 is 34.2 Å². The average molecular weight is 648 g/mol. The van der Waals surface area contributed by atoms with Gasteiger partial charge in [0, 0.05) is 13.1 Å². The molecule has 0 aliphatic carbocycles. The van der Waals surface area contributed by atoms with Crippen LogP contribution >= 0.6 is 0 Å². The van der Waals surface area contributed by atoms with Crippen LogP contribution in [-0.4, -0.2) is 112 Å². The first kappa shape index (κ1) is 41.5. The van der Waals surface area contributed by atoms with Gasteiger partial charge in [-0.1, -0.05) is 0 Å². The molecular formula is C30H53N3O12. The highest BCUT2D eigenvalue weighted by Gasteiger charge is 2.35. The molecule has 1 unspecified atom stereocenters. The first-order valence-corrected chi connectivity index (χ1v) is 14.7. The van der Waals surface area contributed by atoms with E-state index in [1.54, 1.807) is 83.1 Å². The minimum Gasteiger partial charge on any atom is -0.481 e. The molecule has 0 heterocycles. The molecule has 0 radical (unpaired) electrons. The highest BCUT2D eigenvalue weighted by Crippen LogP contribution is 2.16. The SMILES string of the molecule is CC(C)(C)OC(=O)CN(CCC(C(=O)NCCC(=O)O)N(CC(=O)OC(C)(C)C)OC(=O)OC(C)(C)C)CC(=O)OC(C)(C)C. The van der Waals surface area contributed by atoms with Crippen LogP contribution in [0.5, 0.6) is 0 Å². The molecule has 260 valence electrons. The van der Waals surface area contributed by atoms with Crippen LogP contribution in [0.15, 0.2) is 0 Å². The Labute approximate surface area is 266 Å². The normalized spacial score (nSPS) is 13.1. The minimum absolute atomic E-state index is 0.127. The van der Waals surface area contributed by atoms with E-state index in [4.69, 9.17) is 28.9 Å². The quantitative estimate of drug-likeness (QED) is 0.150. The summed E-state index contributed by atoms with van der Waals surface area (Å²) in [6.45, 7) is 18.0. The number of carbonyl (C=O) groups is 6. The van der Waals surface area contributed by atoms with Crippen molar-refractivity contribution < 1.29 is 57.7 Å². The second kappa shape index (κ2) is 17.3. The molecular weight excluding hydrogens is 594 g/mol. The Hall–Kier alpha value is -3.46. The molecule has 45 heavy (non-hydrogen) atoms. The second-order valence-corrected chi connectivity index (χ2v) is 14.3. The number of amides is 1. The van der Waals surface area contributed by atoms with Crippen molar-refractivity contribution in [2.24, 2.45) is 0 Å². The van der Waals surface area contributed by atoms with Crippen molar-refractivity contribution in [1.29, 1.82) is 0 Å². The third-order valence-corrected chi connectivity index (χ3v) is 4.84. The molecule has 0 aromatic rings. The summed E-state index contributed by atoms with van der Waals surface area (Å²) in [6.07, 6.45) is -1.83. The Morgan fingerprint density at radius 3 is 1.42 bits per heavy atom. The number of carboxylic acid groups (broad SMARTS) is 1. The summed E-state index contributed by atoms with van der Waals surface area (Å²) < 4.78 is 21.4. The first-order chi connectivity index (χ1) is 20.2. The molecule has 0 fully saturated rings. The number of ether oxygens (including phenoxy) is 4. The van der Waals surface area contributed by atoms with Crippen molar-refractivity contribution in [3.8, 4) is 0 Å². The van der Waals surface area contributed by atoms with Gasteiger partial charge in [-0.25, -0.2) is 4.79 Å². The lowest BCUT2D eigenvalue weighted by Crippen LogP contribution is -2.52. The van der Waals surface area contributed by atoms with E-state index in [-0.39, 0.29) is 32.6 Å². The lowest BCUT2D eigenvalue weighted by atomic mass is 10.1. The maximum absolute atomic E-state index is 13.4. The van der Waals surface area contributed by atoms with Crippen LogP contribution in [0.25, 0.3) is 0 Å². The minimum atomic E-state index is -1.42. The molecule has 0 aromatic carbocycles. The van der Waals surface area contributed by atoms with Crippen molar-refractivity contribution in [1.82, 2.24) is 15.3 Å². The van der Waals surface area contributed by atoms with Gasteiger partial charge >= 0.3 is 30.0 Å². The van der Waals surface area contributed by atoms with Crippen molar-refractivity contribution in [2.75, 3.05) is 32.7 Å². The van der Waals surface area contributed by atoms with Crippen molar-refractivity contribution in [2.45, 2.75) is 124 Å². The van der Waals surface area contributed by atoms with Crippen LogP contribution in [0.2, 0.25) is 0 Å². The van der Waals surface area contributed by atoms with Gasteiger partial charge in [0.05, 0.1) is 19.5 Å². The molecule has 0 spiro atoms. The van der Waals surface area contributed by atoms with E-state index in [1.165, 1.54) is 4.90 Å². The molecule has 0 aliphatic heterocycles. The number of aliphatic carboxylic acids is 1. The molecule has 15 heteroatoms. The summed E-state index contributed by atoms with van der Waals surface area (Å²) in [5, 5.41) is 12.3. The zero-order valence-corrected chi connectivity index (χ0v) is 28.9. The average Bonchev–Trinajstić information content (AvgIpc) is 2.73. The van der Waals surface area contributed by atoms with Crippen LogP contribution in [0.3, 0.4) is 0 Å². The van der Waals surface area contributed by atoms with E-state index >= 15 is 0 Å². The number of hydrogen-bond acceptors (Lipinski definition) is 13. The van der Waals surface area contributed by atoms with Gasteiger partial charge in [0.25, 0.3) is 0 Å². The Kier molecular flexibility index (Phi) is 16.0. The van der Waals surface area contributed by atoms with Crippen LogP contribution in [0.1, 0.15) is 95.9 Å². The highest BCUT2D eigenvalue weighted by molar-refractivity contribution is 5.83. The molecule has 1 atom stereocenters. The van der Waals surface area contributed by atoms with Gasteiger partial charge in [-0.15, -0.1) is 5.06 Å². The van der Waals surface area contributed by atoms with Crippen molar-refractivity contribution in [3.05, 3.63) is 0 Å². The fraction of sp³-hybridized carbons (Fsp3) is 0.800. The number of hydrogen-bond donors (Lipinski definition) is 2. The van der Waals surface area contributed by atoms with Gasteiger partial charge in [0.2, 0.25) is 5.91 Å². The highest BCUT2D eigenvalue weighted by atomic mass is 16.8. The van der Waals surface area contributed by atoms with Crippen molar-refractivity contribution >= 4 is 35.9 Å². The Balaban J connectivity index is 6.43. The molecule has 0 aromatic heterocycles. The number of carbonyl (C=O) groups excluding carboxylic acids is 5. The van der Waals surface area contributed by atoms with E-state index in [2.05, 4.69) is 5.32 Å². The van der Waals surface area contributed by atoms with Gasteiger partial charge in [-0.05, 0) is 89.5 Å². The maximum Gasteiger partial charge on any atom is 0.528 e. The summed E-state index contributed by atoms with van der Waals surface area (Å²) in [5.74, 6) is -4.09. The summed E-state index contributed by atoms with van der Waals surface area (Å²) in [4.78, 5) is 82.1. The smallest absolute Gasteiger partial charge is 0.481 e. The zero-order chi connectivity index (χ0) is 35.4. The van der Waals surface area contributed by atoms with Gasteiger partial charge in [0.15, 0.2) is 0 Å². The van der Waals surface area contributed by atoms with Gasteiger partial charge in [-0.2, -0.15) is 0 Å². The van der Waals surface area contributed by atoms with E-state index in [0.717, 1.165) is 5.06 Å². The number of nitrogens with zero attached hydrogens (tertiary/aromatic N) is 2. The molecule has 0 saturated carbocycles. The summed E-state index contributed by atoms with van der Waals surface area (Å²) in [7, 11) is 0. The topological polar surface area (TPSA) is 187 Å². The largest absolute Gasteiger partial charge is 0.528 e. The molecule has 0 saturated heterocycles. The zero-order valence-electron chi connectivity index (χ0n) is 28.9. The third-order valence-electron chi connectivity index (χ3n) is 4.84. The van der Waals surface area contributed by atoms with Gasteiger partial charge in [-0.3, -0.25) is 28.9 Å². The monoisotopic (exact) mass is 647 g/mol. The summed E-state index contributed by atoms with van der Waals surface area (Å²) in [6, 6.07) is -1.42. The molecule has 15 nitrogen and oxygen atoms in total. The predicted octanol–water partition coefficient (Wildman–Crippen LogP) is 2.83. The van der Waals surface area contributed by atoms with E-state index in [0.29, 0.717) is 0 Å². The number of carboxylic acids is 1. The molecule has 1 amide bonds. The molecule has 0 bridgehead atoms. The van der Waals surface area contributed by atoms with Crippen LogP contribution in [0.4, 0.5) is 4.79 Å². The lowest BCUT2D eigenvalue weighted by molar-refractivity contribution is -0.190. The second-order valence-electron chi connectivity index (χ2n) is 14.3. The van der Waals surface area contributed by atoms with E-state index < -0.39 is 77.4 Å².